The maximum atomic E-state index is 11.1. The van der Waals surface area contributed by atoms with Crippen molar-refractivity contribution in [3.05, 3.63) is 0 Å². The lowest BCUT2D eigenvalue weighted by Crippen LogP contribution is -2.43. The first-order chi connectivity index (χ1) is 7.02. The van der Waals surface area contributed by atoms with Gasteiger partial charge in [0.15, 0.2) is 0 Å². The Morgan fingerprint density at radius 3 is 2.40 bits per heavy atom. The van der Waals surface area contributed by atoms with Gasteiger partial charge in [-0.05, 0) is 39.5 Å². The monoisotopic (exact) mass is 215 g/mol. The van der Waals surface area contributed by atoms with Crippen LogP contribution in [-0.4, -0.2) is 31.5 Å². The third kappa shape index (κ3) is 3.70. The molecule has 4 heteroatoms. The first kappa shape index (κ1) is 12.3. The molecule has 4 nitrogen and oxygen atoms in total. The number of amides is 1. The third-order valence-corrected chi connectivity index (χ3v) is 2.97. The van der Waals surface area contributed by atoms with Crippen molar-refractivity contribution < 1.29 is 14.3 Å². The van der Waals surface area contributed by atoms with Crippen molar-refractivity contribution in [3.63, 3.8) is 0 Å². The average molecular weight is 215 g/mol. The molecular weight excluding hydrogens is 194 g/mol. The summed E-state index contributed by atoms with van der Waals surface area (Å²) in [6.07, 6.45) is 2.20. The van der Waals surface area contributed by atoms with Gasteiger partial charge in [-0.1, -0.05) is 0 Å². The van der Waals surface area contributed by atoms with Crippen molar-refractivity contribution in [2.24, 2.45) is 5.92 Å². The van der Waals surface area contributed by atoms with Gasteiger partial charge >= 0.3 is 6.09 Å². The molecule has 1 saturated heterocycles. The second-order valence-electron chi connectivity index (χ2n) is 4.41. The largest absolute Gasteiger partial charge is 0.453 e. The smallest absolute Gasteiger partial charge is 0.407 e. The molecule has 1 aliphatic heterocycles. The van der Waals surface area contributed by atoms with Crippen LogP contribution in [0.1, 0.15) is 33.6 Å². The molecule has 0 aromatic heterocycles. The van der Waals surface area contributed by atoms with Gasteiger partial charge in [-0.2, -0.15) is 0 Å². The summed E-state index contributed by atoms with van der Waals surface area (Å²) in [4.78, 5) is 11.1. The molecule has 0 aromatic carbocycles. The number of rotatable bonds is 2. The van der Waals surface area contributed by atoms with Gasteiger partial charge in [0.25, 0.3) is 0 Å². The van der Waals surface area contributed by atoms with Crippen LogP contribution in [0.15, 0.2) is 0 Å². The van der Waals surface area contributed by atoms with Crippen molar-refractivity contribution in [2.45, 2.75) is 51.9 Å². The van der Waals surface area contributed by atoms with Crippen molar-refractivity contribution >= 4 is 6.09 Å². The Hall–Kier alpha value is -0.770. The van der Waals surface area contributed by atoms with E-state index < -0.39 is 0 Å². The molecule has 3 unspecified atom stereocenters. The van der Waals surface area contributed by atoms with Gasteiger partial charge in [0.2, 0.25) is 0 Å². The quantitative estimate of drug-likeness (QED) is 0.765. The molecule has 0 aliphatic carbocycles. The molecule has 1 N–H and O–H groups in total. The van der Waals surface area contributed by atoms with Crippen LogP contribution in [0.4, 0.5) is 4.79 Å². The van der Waals surface area contributed by atoms with Gasteiger partial charge in [0, 0.05) is 6.04 Å². The first-order valence-corrected chi connectivity index (χ1v) is 5.52. The summed E-state index contributed by atoms with van der Waals surface area (Å²) in [5.74, 6) is 0.475. The van der Waals surface area contributed by atoms with Crippen LogP contribution in [0.5, 0.6) is 0 Å². The molecule has 1 rings (SSSR count). The fourth-order valence-corrected chi connectivity index (χ4v) is 2.23. The Labute approximate surface area is 91.3 Å². The number of ether oxygens (including phenoxy) is 2. The standard InChI is InChI=1S/C11H21NO3/c1-7-5-10(6-8(2)15-7)9(3)12-11(13)14-4/h7-10H,5-6H2,1-4H3,(H,12,13). The molecule has 0 radical (unpaired) electrons. The van der Waals surface area contributed by atoms with Gasteiger partial charge < -0.3 is 14.8 Å². The summed E-state index contributed by atoms with van der Waals surface area (Å²) in [6.45, 7) is 6.17. The number of hydrogen-bond donors (Lipinski definition) is 1. The fraction of sp³-hybridized carbons (Fsp3) is 0.909. The summed E-state index contributed by atoms with van der Waals surface area (Å²) >= 11 is 0. The van der Waals surface area contributed by atoms with E-state index in [4.69, 9.17) is 4.74 Å². The highest BCUT2D eigenvalue weighted by molar-refractivity contribution is 5.67. The molecule has 0 aromatic rings. The van der Waals surface area contributed by atoms with E-state index in [-0.39, 0.29) is 24.3 Å². The Balaban J connectivity index is 2.44. The van der Waals surface area contributed by atoms with Crippen molar-refractivity contribution in [1.29, 1.82) is 0 Å². The van der Waals surface area contributed by atoms with Crippen LogP contribution in [0, 0.1) is 5.92 Å². The normalized spacial score (nSPS) is 33.2. The van der Waals surface area contributed by atoms with Gasteiger partial charge in [0.05, 0.1) is 19.3 Å². The lowest BCUT2D eigenvalue weighted by Gasteiger charge is -2.35. The molecule has 0 spiro atoms. The van der Waals surface area contributed by atoms with Crippen molar-refractivity contribution in [3.8, 4) is 0 Å². The summed E-state index contributed by atoms with van der Waals surface area (Å²) in [5, 5.41) is 2.82. The maximum absolute atomic E-state index is 11.1. The van der Waals surface area contributed by atoms with E-state index in [9.17, 15) is 4.79 Å². The lowest BCUT2D eigenvalue weighted by atomic mass is 9.87. The molecule has 15 heavy (non-hydrogen) atoms. The van der Waals surface area contributed by atoms with Crippen LogP contribution in [-0.2, 0) is 9.47 Å². The Morgan fingerprint density at radius 1 is 1.40 bits per heavy atom. The second kappa shape index (κ2) is 5.35. The number of methoxy groups -OCH3 is 1. The molecule has 1 amide bonds. The van der Waals surface area contributed by atoms with Gasteiger partial charge in [-0.3, -0.25) is 0 Å². The minimum atomic E-state index is -0.353. The molecule has 0 saturated carbocycles. The van der Waals surface area contributed by atoms with Crippen molar-refractivity contribution in [1.82, 2.24) is 5.32 Å². The summed E-state index contributed by atoms with van der Waals surface area (Å²) < 4.78 is 10.2. The van der Waals surface area contributed by atoms with E-state index in [1.165, 1.54) is 7.11 Å². The number of hydrogen-bond acceptors (Lipinski definition) is 3. The predicted octanol–water partition coefficient (Wildman–Crippen LogP) is 1.93. The zero-order chi connectivity index (χ0) is 11.4. The zero-order valence-corrected chi connectivity index (χ0v) is 9.95. The van der Waals surface area contributed by atoms with Gasteiger partial charge in [-0.15, -0.1) is 0 Å². The number of alkyl carbamates (subject to hydrolysis) is 1. The minimum Gasteiger partial charge on any atom is -0.453 e. The van der Waals surface area contributed by atoms with Crippen LogP contribution >= 0.6 is 0 Å². The molecule has 1 fully saturated rings. The Bertz CT molecular complexity index is 210. The van der Waals surface area contributed by atoms with Gasteiger partial charge in [-0.25, -0.2) is 4.79 Å². The van der Waals surface area contributed by atoms with Gasteiger partial charge in [0.1, 0.15) is 0 Å². The zero-order valence-electron chi connectivity index (χ0n) is 9.95. The van der Waals surface area contributed by atoms with Crippen LogP contribution in [0.3, 0.4) is 0 Å². The Morgan fingerprint density at radius 2 is 1.93 bits per heavy atom. The molecule has 0 bridgehead atoms. The number of carbonyl (C=O) groups excluding carboxylic acids is 1. The fourth-order valence-electron chi connectivity index (χ4n) is 2.23. The topological polar surface area (TPSA) is 47.6 Å². The summed E-state index contributed by atoms with van der Waals surface area (Å²) in [6, 6.07) is 0.145. The van der Waals surface area contributed by atoms with E-state index in [1.807, 2.05) is 6.92 Å². The van der Waals surface area contributed by atoms with E-state index in [1.54, 1.807) is 0 Å². The highest BCUT2D eigenvalue weighted by Crippen LogP contribution is 2.27. The third-order valence-electron chi connectivity index (χ3n) is 2.97. The molecule has 1 heterocycles. The minimum absolute atomic E-state index is 0.145. The SMILES string of the molecule is COC(=O)NC(C)C1CC(C)OC(C)C1. The summed E-state index contributed by atoms with van der Waals surface area (Å²) in [5.41, 5.74) is 0. The molecule has 3 atom stereocenters. The van der Waals surface area contributed by atoms with E-state index >= 15 is 0 Å². The molecule has 88 valence electrons. The number of nitrogens with one attached hydrogen (secondary N) is 1. The van der Waals surface area contributed by atoms with E-state index in [0.29, 0.717) is 5.92 Å². The lowest BCUT2D eigenvalue weighted by molar-refractivity contribution is -0.0574. The highest BCUT2D eigenvalue weighted by atomic mass is 16.5. The summed E-state index contributed by atoms with van der Waals surface area (Å²) in [7, 11) is 1.39. The molecule has 1 aliphatic rings. The number of carbonyl (C=O) groups is 1. The Kier molecular flexibility index (Phi) is 4.39. The van der Waals surface area contributed by atoms with Crippen molar-refractivity contribution in [2.75, 3.05) is 7.11 Å². The molecular formula is C11H21NO3. The highest BCUT2D eigenvalue weighted by Gasteiger charge is 2.29. The average Bonchev–Trinajstić information content (AvgIpc) is 2.16. The van der Waals surface area contributed by atoms with Crippen LogP contribution < -0.4 is 5.32 Å². The van der Waals surface area contributed by atoms with E-state index in [0.717, 1.165) is 12.8 Å². The maximum Gasteiger partial charge on any atom is 0.407 e. The van der Waals surface area contributed by atoms with E-state index in [2.05, 4.69) is 23.9 Å². The predicted molar refractivity (Wildman–Crippen MR) is 57.7 cm³/mol. The van der Waals surface area contributed by atoms with Crippen LogP contribution in [0.2, 0.25) is 0 Å². The van der Waals surface area contributed by atoms with Crippen LogP contribution in [0.25, 0.3) is 0 Å². The second-order valence-corrected chi connectivity index (χ2v) is 4.41. The first-order valence-electron chi connectivity index (χ1n) is 5.52.